The Kier molecular flexibility index (Phi) is 11.9. The van der Waals surface area contributed by atoms with Crippen molar-refractivity contribution in [3.8, 4) is 0 Å². The van der Waals surface area contributed by atoms with Crippen LogP contribution in [-0.2, 0) is 5.75 Å². The molecule has 0 atom stereocenters. The lowest BCUT2D eigenvalue weighted by Crippen LogP contribution is -1.88. The van der Waals surface area contributed by atoms with Gasteiger partial charge in [-0.05, 0) is 24.1 Å². The average molecular weight is 434 g/mol. The van der Waals surface area contributed by atoms with Gasteiger partial charge < -0.3 is 0 Å². The van der Waals surface area contributed by atoms with E-state index in [0.717, 1.165) is 11.4 Å². The Morgan fingerprint density at radius 1 is 1.12 bits per heavy atom. The minimum atomic E-state index is 0. The number of aromatic nitrogens is 3. The predicted octanol–water partition coefficient (Wildman–Crippen LogP) is 3.71. The monoisotopic (exact) mass is 431 g/mol. The largest absolute Gasteiger partial charge is 0.280 e. The molecule has 90 valence electrons. The summed E-state index contributed by atoms with van der Waals surface area (Å²) in [5, 5.41) is 0. The number of nitrogens with zero attached hydrogens (tertiary/aromatic N) is 3. The van der Waals surface area contributed by atoms with E-state index in [2.05, 4.69) is 9.97 Å². The fraction of sp³-hybridized carbons (Fsp3) is 0.111. The minimum absolute atomic E-state index is 0. The lowest BCUT2D eigenvalue weighted by Gasteiger charge is -1.99. The molecule has 0 aliphatic heterocycles. The van der Waals surface area contributed by atoms with Crippen molar-refractivity contribution in [2.75, 3.05) is 0 Å². The van der Waals surface area contributed by atoms with Crippen LogP contribution < -0.4 is 0 Å². The van der Waals surface area contributed by atoms with Crippen LogP contribution in [0.15, 0.2) is 43.1 Å². The standard InChI is InChI=1S/C9H9N3S.3BrH/c1-2-4-11-9(3-1)7-13-12-6-5-10-8-12;;;/h1-6,8H,7H2;3*1H. The van der Waals surface area contributed by atoms with Crippen molar-refractivity contribution in [1.82, 2.24) is 13.9 Å². The minimum Gasteiger partial charge on any atom is -0.280 e. The van der Waals surface area contributed by atoms with Crippen LogP contribution in [0.3, 0.4) is 0 Å². The van der Waals surface area contributed by atoms with Gasteiger partial charge in [0.1, 0.15) is 6.33 Å². The predicted molar refractivity (Wildman–Crippen MR) is 84.1 cm³/mol. The maximum Gasteiger partial charge on any atom is 0.105 e. The van der Waals surface area contributed by atoms with Gasteiger partial charge in [0.15, 0.2) is 0 Å². The Morgan fingerprint density at radius 3 is 2.50 bits per heavy atom. The molecule has 0 amide bonds. The van der Waals surface area contributed by atoms with Gasteiger partial charge in [0.05, 0.1) is 11.4 Å². The first-order valence-corrected chi connectivity index (χ1v) is 4.90. The second-order valence-electron chi connectivity index (χ2n) is 2.52. The molecule has 0 fully saturated rings. The fourth-order valence-electron chi connectivity index (χ4n) is 0.947. The Balaban J connectivity index is 0. The Hall–Kier alpha value is 0.150. The molecule has 2 aromatic rings. The van der Waals surface area contributed by atoms with Gasteiger partial charge in [-0.1, -0.05) is 6.07 Å². The molecule has 16 heavy (non-hydrogen) atoms. The fourth-order valence-corrected chi connectivity index (χ4v) is 1.66. The van der Waals surface area contributed by atoms with E-state index in [9.17, 15) is 0 Å². The van der Waals surface area contributed by atoms with Gasteiger partial charge in [-0.15, -0.1) is 50.9 Å². The van der Waals surface area contributed by atoms with Gasteiger partial charge in [-0.25, -0.2) is 4.98 Å². The quantitative estimate of drug-likeness (QED) is 0.739. The van der Waals surface area contributed by atoms with Crippen LogP contribution in [0.4, 0.5) is 0 Å². The molecule has 0 aliphatic rings. The van der Waals surface area contributed by atoms with Gasteiger partial charge in [-0.2, -0.15) is 0 Å². The van der Waals surface area contributed by atoms with Crippen LogP contribution >= 0.6 is 62.9 Å². The summed E-state index contributed by atoms with van der Waals surface area (Å²) in [7, 11) is 0. The van der Waals surface area contributed by atoms with E-state index in [4.69, 9.17) is 0 Å². The molecular weight excluding hydrogens is 422 g/mol. The van der Waals surface area contributed by atoms with Gasteiger partial charge >= 0.3 is 0 Å². The van der Waals surface area contributed by atoms with E-state index >= 15 is 0 Å². The van der Waals surface area contributed by atoms with E-state index < -0.39 is 0 Å². The van der Waals surface area contributed by atoms with Gasteiger partial charge in [0.2, 0.25) is 0 Å². The number of imidazole rings is 1. The first-order chi connectivity index (χ1) is 6.45. The molecular formula is C9H12Br3N3S. The van der Waals surface area contributed by atoms with Crippen LogP contribution in [0.2, 0.25) is 0 Å². The summed E-state index contributed by atoms with van der Waals surface area (Å²) in [6, 6.07) is 5.94. The molecule has 0 unspecified atom stereocenters. The zero-order valence-corrected chi connectivity index (χ0v) is 14.2. The highest BCUT2D eigenvalue weighted by molar-refractivity contribution is 8.93. The van der Waals surface area contributed by atoms with Crippen LogP contribution in [-0.4, -0.2) is 13.9 Å². The van der Waals surface area contributed by atoms with Crippen molar-refractivity contribution in [1.29, 1.82) is 0 Å². The second kappa shape index (κ2) is 10.3. The summed E-state index contributed by atoms with van der Waals surface area (Å²) in [4.78, 5) is 8.18. The van der Waals surface area contributed by atoms with E-state index in [-0.39, 0.29) is 50.9 Å². The zero-order chi connectivity index (χ0) is 8.93. The molecule has 7 heteroatoms. The van der Waals surface area contributed by atoms with E-state index in [1.165, 1.54) is 0 Å². The van der Waals surface area contributed by atoms with Gasteiger partial charge in [0.25, 0.3) is 0 Å². The van der Waals surface area contributed by atoms with Crippen LogP contribution in [0, 0.1) is 0 Å². The summed E-state index contributed by atoms with van der Waals surface area (Å²) >= 11 is 1.67. The van der Waals surface area contributed by atoms with Crippen molar-refractivity contribution >= 4 is 62.9 Å². The third-order valence-electron chi connectivity index (χ3n) is 1.57. The third-order valence-corrected chi connectivity index (χ3v) is 2.51. The van der Waals surface area contributed by atoms with E-state index in [1.807, 2.05) is 34.6 Å². The molecule has 2 aromatic heterocycles. The lowest BCUT2D eigenvalue weighted by atomic mass is 10.4. The highest BCUT2D eigenvalue weighted by atomic mass is 79.9. The molecule has 0 radical (unpaired) electrons. The number of pyridine rings is 1. The summed E-state index contributed by atoms with van der Waals surface area (Å²) in [5.41, 5.74) is 1.08. The molecule has 2 heterocycles. The molecule has 0 aliphatic carbocycles. The summed E-state index contributed by atoms with van der Waals surface area (Å²) in [5.74, 6) is 0.872. The smallest absolute Gasteiger partial charge is 0.105 e. The normalized spacial score (nSPS) is 8.25. The molecule has 0 spiro atoms. The third kappa shape index (κ3) is 6.03. The number of hydrogen-bond donors (Lipinski definition) is 0. The number of halogens is 3. The topological polar surface area (TPSA) is 30.7 Å². The molecule has 0 saturated heterocycles. The molecule has 0 bridgehead atoms. The van der Waals surface area contributed by atoms with Crippen LogP contribution in [0.25, 0.3) is 0 Å². The Morgan fingerprint density at radius 2 is 1.94 bits per heavy atom. The first-order valence-electron chi connectivity index (χ1n) is 3.96. The van der Waals surface area contributed by atoms with Gasteiger partial charge in [-0.3, -0.25) is 8.96 Å². The highest BCUT2D eigenvalue weighted by Crippen LogP contribution is 2.11. The first kappa shape index (κ1) is 18.5. The molecule has 0 saturated carbocycles. The van der Waals surface area contributed by atoms with Crippen molar-refractivity contribution in [3.63, 3.8) is 0 Å². The summed E-state index contributed by atoms with van der Waals surface area (Å²) in [6.07, 6.45) is 7.29. The highest BCUT2D eigenvalue weighted by Gasteiger charge is 1.94. The van der Waals surface area contributed by atoms with E-state index in [0.29, 0.717) is 0 Å². The molecule has 0 aromatic carbocycles. The van der Waals surface area contributed by atoms with Crippen molar-refractivity contribution in [2.45, 2.75) is 5.75 Å². The number of rotatable bonds is 3. The summed E-state index contributed by atoms with van der Waals surface area (Å²) < 4.78 is 1.97. The molecule has 2 rings (SSSR count). The summed E-state index contributed by atoms with van der Waals surface area (Å²) in [6.45, 7) is 0. The van der Waals surface area contributed by atoms with Crippen molar-refractivity contribution < 1.29 is 0 Å². The Bertz CT molecular complexity index is 355. The van der Waals surface area contributed by atoms with Crippen LogP contribution in [0.5, 0.6) is 0 Å². The maximum absolute atomic E-state index is 4.22. The lowest BCUT2D eigenvalue weighted by molar-refractivity contribution is 1.15. The average Bonchev–Trinajstić information content (AvgIpc) is 2.69. The Labute approximate surface area is 131 Å². The van der Waals surface area contributed by atoms with E-state index in [1.54, 1.807) is 24.5 Å². The molecule has 0 N–H and O–H groups in total. The van der Waals surface area contributed by atoms with Crippen molar-refractivity contribution in [2.24, 2.45) is 0 Å². The maximum atomic E-state index is 4.22. The number of hydrogen-bond acceptors (Lipinski definition) is 3. The molecule has 3 nitrogen and oxygen atoms in total. The SMILES string of the molecule is Br.Br.Br.c1ccc(CSn2ccnc2)nc1. The second-order valence-corrected chi connectivity index (χ2v) is 3.49. The van der Waals surface area contributed by atoms with Crippen molar-refractivity contribution in [3.05, 3.63) is 48.8 Å². The zero-order valence-electron chi connectivity index (χ0n) is 8.22. The van der Waals surface area contributed by atoms with Gasteiger partial charge in [0, 0.05) is 18.6 Å². The van der Waals surface area contributed by atoms with Crippen LogP contribution in [0.1, 0.15) is 5.69 Å².